The summed E-state index contributed by atoms with van der Waals surface area (Å²) in [7, 11) is 1.62. The summed E-state index contributed by atoms with van der Waals surface area (Å²) in [5, 5.41) is 3.79. The molecule has 2 rings (SSSR count). The molecule has 122 valence electrons. The molecule has 0 heterocycles. The van der Waals surface area contributed by atoms with Crippen molar-refractivity contribution < 1.29 is 9.53 Å². The van der Waals surface area contributed by atoms with Gasteiger partial charge in [-0.25, -0.2) is 0 Å². The van der Waals surface area contributed by atoms with Crippen LogP contribution in [0.25, 0.3) is 0 Å². The zero-order valence-electron chi connectivity index (χ0n) is 12.8. The lowest BCUT2D eigenvalue weighted by Gasteiger charge is -2.13. The smallest absolute Gasteiger partial charge is 0.233 e. The molecule has 1 N–H and O–H groups in total. The van der Waals surface area contributed by atoms with E-state index >= 15 is 0 Å². The minimum atomic E-state index is -0.257. The number of nitrogens with one attached hydrogen (secondary N) is 1. The van der Waals surface area contributed by atoms with Gasteiger partial charge in [0, 0.05) is 16.5 Å². The lowest BCUT2D eigenvalue weighted by Crippen LogP contribution is -2.30. The minimum absolute atomic E-state index is 0.0446. The Labute approximate surface area is 150 Å². The summed E-state index contributed by atoms with van der Waals surface area (Å²) in [6.45, 7) is 2.32. The van der Waals surface area contributed by atoms with E-state index in [2.05, 4.69) is 5.32 Å². The summed E-state index contributed by atoms with van der Waals surface area (Å²) >= 11 is 13.4. The second kappa shape index (κ2) is 8.48. The Hall–Kier alpha value is -1.36. The van der Waals surface area contributed by atoms with Gasteiger partial charge in [-0.1, -0.05) is 35.3 Å². The molecular formula is C17H17Cl2NO2S. The fourth-order valence-corrected chi connectivity index (χ4v) is 3.32. The molecule has 0 aromatic heterocycles. The van der Waals surface area contributed by atoms with Crippen LogP contribution < -0.4 is 10.1 Å². The van der Waals surface area contributed by atoms with Crippen LogP contribution in [0.4, 0.5) is 0 Å². The molecule has 1 atom stereocenters. The number of carbonyl (C=O) groups excluding carboxylic acids is 1. The molecule has 0 spiro atoms. The predicted molar refractivity (Wildman–Crippen MR) is 96.6 cm³/mol. The van der Waals surface area contributed by atoms with Gasteiger partial charge in [-0.3, -0.25) is 4.79 Å². The van der Waals surface area contributed by atoms with Crippen molar-refractivity contribution in [3.8, 4) is 5.75 Å². The standard InChI is InChI=1S/C17H17Cl2NO2S/c1-11(23-16-8-5-13(18)9-15(16)19)17(21)20-10-12-3-6-14(22-2)7-4-12/h3-9,11H,10H2,1-2H3,(H,20,21). The Kier molecular flexibility index (Phi) is 6.63. The van der Waals surface area contributed by atoms with Gasteiger partial charge < -0.3 is 10.1 Å². The number of ether oxygens (including phenoxy) is 1. The first-order valence-electron chi connectivity index (χ1n) is 7.02. The van der Waals surface area contributed by atoms with Crippen LogP contribution in [0.2, 0.25) is 10.0 Å². The Morgan fingerprint density at radius 2 is 1.91 bits per heavy atom. The van der Waals surface area contributed by atoms with Crippen LogP contribution in [0.3, 0.4) is 0 Å². The van der Waals surface area contributed by atoms with E-state index in [0.717, 1.165) is 16.2 Å². The molecule has 0 bridgehead atoms. The number of carbonyl (C=O) groups is 1. The van der Waals surface area contributed by atoms with Gasteiger partial charge in [-0.05, 0) is 42.8 Å². The zero-order valence-corrected chi connectivity index (χ0v) is 15.1. The van der Waals surface area contributed by atoms with Crippen LogP contribution >= 0.6 is 35.0 Å². The third-order valence-electron chi connectivity index (χ3n) is 3.19. The van der Waals surface area contributed by atoms with Crippen molar-refractivity contribution in [2.24, 2.45) is 0 Å². The molecule has 0 aliphatic rings. The summed E-state index contributed by atoms with van der Waals surface area (Å²) in [4.78, 5) is 13.0. The number of benzene rings is 2. The maximum atomic E-state index is 12.2. The molecule has 6 heteroatoms. The van der Waals surface area contributed by atoms with Crippen LogP contribution in [-0.2, 0) is 11.3 Å². The van der Waals surface area contributed by atoms with Gasteiger partial charge in [0.05, 0.1) is 17.4 Å². The van der Waals surface area contributed by atoms with E-state index in [0.29, 0.717) is 16.6 Å². The molecule has 2 aromatic carbocycles. The number of rotatable bonds is 6. The van der Waals surface area contributed by atoms with E-state index in [4.69, 9.17) is 27.9 Å². The molecule has 0 fully saturated rings. The van der Waals surface area contributed by atoms with Crippen molar-refractivity contribution in [1.29, 1.82) is 0 Å². The number of methoxy groups -OCH3 is 1. The van der Waals surface area contributed by atoms with E-state index in [1.807, 2.05) is 37.3 Å². The van der Waals surface area contributed by atoms with Gasteiger partial charge in [0.2, 0.25) is 5.91 Å². The summed E-state index contributed by atoms with van der Waals surface area (Å²) in [5.74, 6) is 0.748. The number of amides is 1. The second-order valence-corrected chi connectivity index (χ2v) is 7.13. The van der Waals surface area contributed by atoms with Gasteiger partial charge >= 0.3 is 0 Å². The van der Waals surface area contributed by atoms with Crippen LogP contribution in [0.1, 0.15) is 12.5 Å². The van der Waals surface area contributed by atoms with Gasteiger partial charge in [0.15, 0.2) is 0 Å². The number of hydrogen-bond donors (Lipinski definition) is 1. The normalized spacial score (nSPS) is 11.8. The molecule has 0 saturated carbocycles. The molecule has 3 nitrogen and oxygen atoms in total. The first kappa shape index (κ1) is 18.0. The first-order valence-corrected chi connectivity index (χ1v) is 8.65. The predicted octanol–water partition coefficient (Wildman–Crippen LogP) is 4.80. The third kappa shape index (κ3) is 5.34. The van der Waals surface area contributed by atoms with Crippen LogP contribution in [-0.4, -0.2) is 18.3 Å². The summed E-state index contributed by atoms with van der Waals surface area (Å²) in [6, 6.07) is 12.8. The van der Waals surface area contributed by atoms with E-state index in [1.54, 1.807) is 19.2 Å². The first-order chi connectivity index (χ1) is 11.0. The van der Waals surface area contributed by atoms with Crippen LogP contribution in [0.15, 0.2) is 47.4 Å². The monoisotopic (exact) mass is 369 g/mol. The maximum Gasteiger partial charge on any atom is 0.233 e. The molecule has 0 radical (unpaired) electrons. The molecule has 0 aliphatic carbocycles. The summed E-state index contributed by atoms with van der Waals surface area (Å²) in [5.41, 5.74) is 1.01. The van der Waals surface area contributed by atoms with Gasteiger partial charge in [0.25, 0.3) is 0 Å². The Morgan fingerprint density at radius 3 is 2.52 bits per heavy atom. The average molecular weight is 370 g/mol. The lowest BCUT2D eigenvalue weighted by atomic mass is 10.2. The molecule has 2 aromatic rings. The quantitative estimate of drug-likeness (QED) is 0.743. The fraction of sp³-hybridized carbons (Fsp3) is 0.235. The van der Waals surface area contributed by atoms with Crippen molar-refractivity contribution in [3.63, 3.8) is 0 Å². The van der Waals surface area contributed by atoms with Crippen molar-refractivity contribution in [3.05, 3.63) is 58.1 Å². The second-order valence-electron chi connectivity index (χ2n) is 4.90. The Bertz CT molecular complexity index is 677. The lowest BCUT2D eigenvalue weighted by molar-refractivity contribution is -0.120. The van der Waals surface area contributed by atoms with Gasteiger partial charge in [0.1, 0.15) is 5.75 Å². The average Bonchev–Trinajstić information content (AvgIpc) is 2.55. The summed E-state index contributed by atoms with van der Waals surface area (Å²) < 4.78 is 5.11. The van der Waals surface area contributed by atoms with E-state index in [-0.39, 0.29) is 11.2 Å². The molecule has 1 amide bonds. The minimum Gasteiger partial charge on any atom is -0.497 e. The van der Waals surface area contributed by atoms with E-state index in [1.165, 1.54) is 11.8 Å². The zero-order chi connectivity index (χ0) is 16.8. The molecule has 1 unspecified atom stereocenters. The van der Waals surface area contributed by atoms with Crippen molar-refractivity contribution in [2.75, 3.05) is 7.11 Å². The van der Waals surface area contributed by atoms with Gasteiger partial charge in [-0.15, -0.1) is 11.8 Å². The SMILES string of the molecule is COc1ccc(CNC(=O)C(C)Sc2ccc(Cl)cc2Cl)cc1. The summed E-state index contributed by atoms with van der Waals surface area (Å²) in [6.07, 6.45) is 0. The van der Waals surface area contributed by atoms with Crippen LogP contribution in [0, 0.1) is 0 Å². The van der Waals surface area contributed by atoms with E-state index < -0.39 is 0 Å². The number of thioether (sulfide) groups is 1. The maximum absolute atomic E-state index is 12.2. The molecular weight excluding hydrogens is 353 g/mol. The van der Waals surface area contributed by atoms with Crippen molar-refractivity contribution >= 4 is 40.9 Å². The fourth-order valence-electron chi connectivity index (χ4n) is 1.89. The molecule has 23 heavy (non-hydrogen) atoms. The number of halogens is 2. The van der Waals surface area contributed by atoms with Crippen LogP contribution in [0.5, 0.6) is 5.75 Å². The largest absolute Gasteiger partial charge is 0.497 e. The molecule has 0 saturated heterocycles. The van der Waals surface area contributed by atoms with E-state index in [9.17, 15) is 4.79 Å². The molecule has 0 aliphatic heterocycles. The highest BCUT2D eigenvalue weighted by molar-refractivity contribution is 8.00. The number of hydrogen-bond acceptors (Lipinski definition) is 3. The highest BCUT2D eigenvalue weighted by Gasteiger charge is 2.15. The van der Waals surface area contributed by atoms with Gasteiger partial charge in [-0.2, -0.15) is 0 Å². The third-order valence-corrected chi connectivity index (χ3v) is 5.03. The Balaban J connectivity index is 1.89. The van der Waals surface area contributed by atoms with Crippen molar-refractivity contribution in [1.82, 2.24) is 5.32 Å². The topological polar surface area (TPSA) is 38.3 Å². The highest BCUT2D eigenvalue weighted by atomic mass is 35.5. The Morgan fingerprint density at radius 1 is 1.22 bits per heavy atom. The van der Waals surface area contributed by atoms with Crippen molar-refractivity contribution in [2.45, 2.75) is 23.6 Å². The highest BCUT2D eigenvalue weighted by Crippen LogP contribution is 2.32.